The summed E-state index contributed by atoms with van der Waals surface area (Å²) in [6.45, 7) is -1.08. The molecule has 0 saturated carbocycles. The van der Waals surface area contributed by atoms with Crippen LogP contribution in [0.25, 0.3) is 0 Å². The van der Waals surface area contributed by atoms with Gasteiger partial charge in [-0.15, -0.1) is 0 Å². The van der Waals surface area contributed by atoms with Crippen LogP contribution in [0.3, 0.4) is 0 Å². The van der Waals surface area contributed by atoms with Crippen molar-refractivity contribution in [2.24, 2.45) is 0 Å². The van der Waals surface area contributed by atoms with Gasteiger partial charge in [0.1, 0.15) is 6.67 Å². The van der Waals surface area contributed by atoms with Gasteiger partial charge in [-0.1, -0.05) is 0 Å². The summed E-state index contributed by atoms with van der Waals surface area (Å²) in [7, 11) is 0. The number of hydrogen-bond acceptors (Lipinski definition) is 0. The predicted molar refractivity (Wildman–Crippen MR) is 16.3 cm³/mol. The summed E-state index contributed by atoms with van der Waals surface area (Å²) in [4.78, 5) is 0. The lowest BCUT2D eigenvalue weighted by molar-refractivity contribution is 0.409. The van der Waals surface area contributed by atoms with Gasteiger partial charge >= 0.3 is 0 Å². The first-order chi connectivity index (χ1) is 2.77. The molecule has 0 spiro atoms. The van der Waals surface area contributed by atoms with Gasteiger partial charge in [-0.3, -0.25) is 0 Å². The SMILES string of the molecule is FCC=C(F)F. The molecule has 0 aliphatic carbocycles. The van der Waals surface area contributed by atoms with Crippen molar-refractivity contribution in [1.29, 1.82) is 0 Å². The quantitative estimate of drug-likeness (QED) is 0.466. The maximum absolute atomic E-state index is 10.7. The summed E-state index contributed by atoms with van der Waals surface area (Å²) in [5.41, 5.74) is 0. The van der Waals surface area contributed by atoms with Crippen molar-refractivity contribution in [2.45, 2.75) is 0 Å². The van der Waals surface area contributed by atoms with Gasteiger partial charge in [-0.05, 0) is 0 Å². The molecular weight excluding hydrogens is 93.0 g/mol. The van der Waals surface area contributed by atoms with Crippen LogP contribution in [0.1, 0.15) is 0 Å². The third kappa shape index (κ3) is 3.53. The maximum Gasteiger partial charge on any atom is 0.268 e. The van der Waals surface area contributed by atoms with Crippen molar-refractivity contribution in [3.63, 3.8) is 0 Å². The minimum Gasteiger partial charge on any atom is -0.246 e. The molecule has 0 aromatic carbocycles. The number of rotatable bonds is 1. The van der Waals surface area contributed by atoms with E-state index >= 15 is 0 Å². The highest BCUT2D eigenvalue weighted by molar-refractivity contribution is 4.78. The monoisotopic (exact) mass is 96.0 g/mol. The zero-order valence-electron chi connectivity index (χ0n) is 2.92. The van der Waals surface area contributed by atoms with E-state index < -0.39 is 12.8 Å². The molecule has 36 valence electrons. The van der Waals surface area contributed by atoms with E-state index in [0.717, 1.165) is 0 Å². The molecule has 0 fully saturated rings. The van der Waals surface area contributed by atoms with Gasteiger partial charge in [-0.25, -0.2) is 4.39 Å². The van der Waals surface area contributed by atoms with Gasteiger partial charge in [0.15, 0.2) is 0 Å². The molecule has 0 aliphatic heterocycles. The van der Waals surface area contributed by atoms with Gasteiger partial charge in [0, 0.05) is 6.08 Å². The van der Waals surface area contributed by atoms with Crippen molar-refractivity contribution in [3.05, 3.63) is 12.2 Å². The van der Waals surface area contributed by atoms with Crippen LogP contribution in [0, 0.1) is 0 Å². The van der Waals surface area contributed by atoms with E-state index in [2.05, 4.69) is 0 Å². The van der Waals surface area contributed by atoms with Gasteiger partial charge in [0.2, 0.25) is 0 Å². The van der Waals surface area contributed by atoms with E-state index in [-0.39, 0.29) is 6.08 Å². The zero-order chi connectivity index (χ0) is 4.99. The molecule has 0 N–H and O–H groups in total. The van der Waals surface area contributed by atoms with Crippen LogP contribution < -0.4 is 0 Å². The van der Waals surface area contributed by atoms with Crippen LogP contribution in [0.15, 0.2) is 12.2 Å². The van der Waals surface area contributed by atoms with E-state index in [4.69, 9.17) is 0 Å². The first kappa shape index (κ1) is 5.53. The Morgan fingerprint density at radius 1 is 1.50 bits per heavy atom. The van der Waals surface area contributed by atoms with E-state index in [0.29, 0.717) is 0 Å². The smallest absolute Gasteiger partial charge is 0.246 e. The summed E-state index contributed by atoms with van der Waals surface area (Å²) >= 11 is 0. The van der Waals surface area contributed by atoms with E-state index in [9.17, 15) is 13.2 Å². The van der Waals surface area contributed by atoms with Crippen molar-refractivity contribution in [3.8, 4) is 0 Å². The summed E-state index contributed by atoms with van der Waals surface area (Å²) < 4.78 is 32.0. The Balaban J connectivity index is 3.14. The molecule has 0 atom stereocenters. The predicted octanol–water partition coefficient (Wildman–Crippen LogP) is 1.74. The Labute approximate surface area is 33.3 Å². The second-order valence-electron chi connectivity index (χ2n) is 0.648. The molecular formula is C3H3F3. The van der Waals surface area contributed by atoms with Crippen LogP contribution in [-0.4, -0.2) is 6.67 Å². The van der Waals surface area contributed by atoms with Crippen molar-refractivity contribution in [1.82, 2.24) is 0 Å². The third-order valence-corrected chi connectivity index (χ3v) is 0.231. The summed E-state index contributed by atoms with van der Waals surface area (Å²) in [5, 5.41) is 0. The number of allylic oxidation sites excluding steroid dienone is 1. The lowest BCUT2D eigenvalue weighted by Crippen LogP contribution is -1.60. The summed E-state index contributed by atoms with van der Waals surface area (Å²) in [6, 6.07) is 0. The van der Waals surface area contributed by atoms with Gasteiger partial charge < -0.3 is 0 Å². The Bertz CT molecular complexity index is 53.1. The van der Waals surface area contributed by atoms with Gasteiger partial charge in [-0.2, -0.15) is 8.78 Å². The van der Waals surface area contributed by atoms with Crippen LogP contribution in [0.2, 0.25) is 0 Å². The molecule has 0 saturated heterocycles. The van der Waals surface area contributed by atoms with Crippen molar-refractivity contribution < 1.29 is 13.2 Å². The molecule has 0 aromatic heterocycles. The highest BCUT2D eigenvalue weighted by atomic mass is 19.3. The van der Waals surface area contributed by atoms with E-state index in [1.54, 1.807) is 0 Å². The minimum absolute atomic E-state index is 0.208. The molecule has 0 aliphatic rings. The number of halogens is 3. The maximum atomic E-state index is 10.7. The highest BCUT2D eigenvalue weighted by Crippen LogP contribution is 1.93. The minimum atomic E-state index is -1.96. The molecule has 3 heteroatoms. The summed E-state index contributed by atoms with van der Waals surface area (Å²) in [5.74, 6) is 0. The van der Waals surface area contributed by atoms with Gasteiger partial charge in [0.05, 0.1) is 0 Å². The fourth-order valence-corrected chi connectivity index (χ4v) is 0.0583. The first-order valence-electron chi connectivity index (χ1n) is 1.34. The van der Waals surface area contributed by atoms with E-state index in [1.165, 1.54) is 0 Å². The molecule has 0 radical (unpaired) electrons. The average molecular weight is 96.1 g/mol. The molecule has 0 heterocycles. The molecule has 0 rings (SSSR count). The Morgan fingerprint density at radius 3 is 2.00 bits per heavy atom. The first-order valence-corrected chi connectivity index (χ1v) is 1.34. The Hall–Kier alpha value is -0.470. The lowest BCUT2D eigenvalue weighted by Gasteiger charge is -1.68. The molecule has 0 amide bonds. The standard InChI is InChI=1S/C3H3F3/c4-2-1-3(5)6/h1H,2H2. The average Bonchev–Trinajstić information content (AvgIpc) is 1.35. The fraction of sp³-hybridized carbons (Fsp3) is 0.333. The molecule has 0 aromatic rings. The van der Waals surface area contributed by atoms with Crippen molar-refractivity contribution >= 4 is 0 Å². The normalized spacial score (nSPS) is 7.83. The second-order valence-corrected chi connectivity index (χ2v) is 0.648. The Kier molecular flexibility index (Phi) is 2.54. The fourth-order valence-electron chi connectivity index (χ4n) is 0.0583. The summed E-state index contributed by atoms with van der Waals surface area (Å²) in [6.07, 6.45) is -1.75. The lowest BCUT2D eigenvalue weighted by atomic mass is 10.7. The van der Waals surface area contributed by atoms with Crippen LogP contribution >= 0.6 is 0 Å². The topological polar surface area (TPSA) is 0 Å². The van der Waals surface area contributed by atoms with Gasteiger partial charge in [0.25, 0.3) is 6.08 Å². The number of hydrogen-bond donors (Lipinski definition) is 0. The van der Waals surface area contributed by atoms with Crippen LogP contribution in [-0.2, 0) is 0 Å². The van der Waals surface area contributed by atoms with Crippen molar-refractivity contribution in [2.75, 3.05) is 6.67 Å². The largest absolute Gasteiger partial charge is 0.268 e. The van der Waals surface area contributed by atoms with Crippen LogP contribution in [0.4, 0.5) is 13.2 Å². The third-order valence-electron chi connectivity index (χ3n) is 0.231. The van der Waals surface area contributed by atoms with Crippen LogP contribution in [0.5, 0.6) is 0 Å². The number of alkyl halides is 1. The Morgan fingerprint density at radius 2 is 2.00 bits per heavy atom. The molecule has 0 nitrogen and oxygen atoms in total. The zero-order valence-corrected chi connectivity index (χ0v) is 2.92. The second kappa shape index (κ2) is 2.75. The van der Waals surface area contributed by atoms with E-state index in [1.807, 2.05) is 0 Å². The molecule has 6 heavy (non-hydrogen) atoms. The molecule has 0 unspecified atom stereocenters. The highest BCUT2D eigenvalue weighted by Gasteiger charge is 1.80. The molecule has 0 bridgehead atoms.